The molecule has 0 amide bonds. The Balaban J connectivity index is 1.14. The zero-order chi connectivity index (χ0) is 37.4. The van der Waals surface area contributed by atoms with E-state index in [1.807, 2.05) is 0 Å². The molecule has 8 aromatic carbocycles. The van der Waals surface area contributed by atoms with Crippen LogP contribution in [0.15, 0.2) is 188 Å². The molecule has 0 spiro atoms. The molecule has 1 aliphatic carbocycles. The maximum absolute atomic E-state index is 4.05. The highest BCUT2D eigenvalue weighted by Crippen LogP contribution is 2.52. The molecule has 11 rings (SSSR count). The molecule has 0 radical (unpaired) electrons. The zero-order valence-corrected chi connectivity index (χ0v) is 31.5. The number of nitrogens with zero attached hydrogens (tertiary/aromatic N) is 1. The topological polar surface area (TPSA) is 29.0 Å². The molecule has 0 bridgehead atoms. The first-order valence-corrected chi connectivity index (χ1v) is 19.7. The number of fused-ring (bicyclic) bond motifs is 7. The van der Waals surface area contributed by atoms with Crippen LogP contribution in [0, 0.1) is 0 Å². The van der Waals surface area contributed by atoms with E-state index >= 15 is 0 Å². The number of benzene rings is 8. The average molecular weight is 720 g/mol. The summed E-state index contributed by atoms with van der Waals surface area (Å²) in [6.45, 7) is 4.75. The smallest absolute Gasteiger partial charge is 0.108 e. The fourth-order valence-corrected chi connectivity index (χ4v) is 9.43. The van der Waals surface area contributed by atoms with E-state index in [0.29, 0.717) is 0 Å². The first-order chi connectivity index (χ1) is 27.5. The first kappa shape index (κ1) is 32.7. The van der Waals surface area contributed by atoms with Crippen LogP contribution in [0.25, 0.3) is 71.7 Å². The highest BCUT2D eigenvalue weighted by atomic mass is 15.3. The van der Waals surface area contributed by atoms with Crippen LogP contribution < -0.4 is 10.6 Å². The van der Waals surface area contributed by atoms with Crippen LogP contribution in [-0.4, -0.2) is 4.57 Å². The quantitative estimate of drug-likeness (QED) is 0.185. The molecule has 3 heteroatoms. The molecule has 0 saturated heterocycles. The van der Waals surface area contributed by atoms with E-state index in [0.717, 1.165) is 5.70 Å². The van der Waals surface area contributed by atoms with Gasteiger partial charge in [-0.2, -0.15) is 0 Å². The Morgan fingerprint density at radius 2 is 1.05 bits per heavy atom. The van der Waals surface area contributed by atoms with E-state index < -0.39 is 0 Å². The summed E-state index contributed by atoms with van der Waals surface area (Å²) in [4.78, 5) is 0. The average Bonchev–Trinajstić information content (AvgIpc) is 3.70. The van der Waals surface area contributed by atoms with E-state index in [1.54, 1.807) is 0 Å². The molecule has 2 heterocycles. The number of hydrogen-bond acceptors (Lipinski definition) is 2. The fourth-order valence-electron chi connectivity index (χ4n) is 9.43. The standard InChI is InChI=1S/C53H41N3/c1-53(2)45-24-14-23-41(51(45)44-31-37-21-12-13-22-38(37)32-46(44)53)47-33-50(55-52(54-47)36-19-10-5-11-20-36)56-48-27-25-39(34-15-6-3-7-16-34)29-42(48)43-30-40(26-28-49(43)56)35-17-8-4-9-18-35/h3-33,50,52,54-55H,1-2H3. The van der Waals surface area contributed by atoms with Crippen molar-refractivity contribution in [1.29, 1.82) is 0 Å². The molecule has 9 aromatic rings. The summed E-state index contributed by atoms with van der Waals surface area (Å²) < 4.78 is 2.51. The van der Waals surface area contributed by atoms with Crippen molar-refractivity contribution in [2.75, 3.05) is 0 Å². The van der Waals surface area contributed by atoms with Crippen molar-refractivity contribution in [3.05, 3.63) is 210 Å². The van der Waals surface area contributed by atoms with E-state index in [1.165, 1.54) is 88.2 Å². The van der Waals surface area contributed by atoms with Crippen LogP contribution in [0.4, 0.5) is 0 Å². The van der Waals surface area contributed by atoms with E-state index in [-0.39, 0.29) is 17.7 Å². The van der Waals surface area contributed by atoms with Crippen LogP contribution in [0.3, 0.4) is 0 Å². The molecule has 2 N–H and O–H groups in total. The van der Waals surface area contributed by atoms with Crippen LogP contribution in [-0.2, 0) is 5.41 Å². The first-order valence-electron chi connectivity index (χ1n) is 19.7. The van der Waals surface area contributed by atoms with Crippen LogP contribution in [0.1, 0.15) is 48.4 Å². The van der Waals surface area contributed by atoms with Gasteiger partial charge in [-0.05, 0) is 103 Å². The summed E-state index contributed by atoms with van der Waals surface area (Å²) in [5.74, 6) is 0. The summed E-state index contributed by atoms with van der Waals surface area (Å²) >= 11 is 0. The van der Waals surface area contributed by atoms with Crippen molar-refractivity contribution in [3.63, 3.8) is 0 Å². The van der Waals surface area contributed by atoms with Gasteiger partial charge in [-0.15, -0.1) is 0 Å². The van der Waals surface area contributed by atoms with Crippen LogP contribution >= 0.6 is 0 Å². The molecule has 1 aromatic heterocycles. The van der Waals surface area contributed by atoms with E-state index in [9.17, 15) is 0 Å². The molecule has 0 fully saturated rings. The third-order valence-electron chi connectivity index (χ3n) is 12.2. The predicted molar refractivity (Wildman–Crippen MR) is 234 cm³/mol. The number of hydrogen-bond donors (Lipinski definition) is 2. The minimum atomic E-state index is -0.150. The molecule has 2 unspecified atom stereocenters. The van der Waals surface area contributed by atoms with Crippen LogP contribution in [0.5, 0.6) is 0 Å². The lowest BCUT2D eigenvalue weighted by molar-refractivity contribution is 0.383. The lowest BCUT2D eigenvalue weighted by atomic mass is 9.81. The summed E-state index contributed by atoms with van der Waals surface area (Å²) in [7, 11) is 0. The summed E-state index contributed by atoms with van der Waals surface area (Å²) in [5.41, 5.74) is 16.1. The molecular formula is C53H41N3. The third kappa shape index (κ3) is 5.16. The molecular weight excluding hydrogens is 679 g/mol. The van der Waals surface area contributed by atoms with E-state index in [4.69, 9.17) is 0 Å². The van der Waals surface area contributed by atoms with Gasteiger partial charge >= 0.3 is 0 Å². The van der Waals surface area contributed by atoms with Gasteiger partial charge in [0.25, 0.3) is 0 Å². The van der Waals surface area contributed by atoms with Gasteiger partial charge < -0.3 is 9.88 Å². The van der Waals surface area contributed by atoms with Crippen LogP contribution in [0.2, 0.25) is 0 Å². The van der Waals surface area contributed by atoms with Gasteiger partial charge in [0, 0.05) is 27.4 Å². The van der Waals surface area contributed by atoms with Gasteiger partial charge in [0.05, 0.1) is 11.0 Å². The molecule has 2 atom stereocenters. The van der Waals surface area contributed by atoms with Gasteiger partial charge in [-0.1, -0.05) is 159 Å². The minimum absolute atomic E-state index is 0.123. The Morgan fingerprint density at radius 1 is 0.482 bits per heavy atom. The Kier molecular flexibility index (Phi) is 7.42. The van der Waals surface area contributed by atoms with Crippen molar-refractivity contribution in [2.24, 2.45) is 0 Å². The molecule has 0 saturated carbocycles. The maximum Gasteiger partial charge on any atom is 0.108 e. The highest BCUT2D eigenvalue weighted by Gasteiger charge is 2.38. The van der Waals surface area contributed by atoms with E-state index in [2.05, 4.69) is 217 Å². The van der Waals surface area contributed by atoms with Gasteiger partial charge in [-0.25, -0.2) is 0 Å². The number of nitrogens with one attached hydrogen (secondary N) is 2. The molecule has 2 aliphatic rings. The predicted octanol–water partition coefficient (Wildman–Crippen LogP) is 13.0. The van der Waals surface area contributed by atoms with Crippen molar-refractivity contribution >= 4 is 38.3 Å². The van der Waals surface area contributed by atoms with Gasteiger partial charge in [0.15, 0.2) is 0 Å². The summed E-state index contributed by atoms with van der Waals surface area (Å²) in [6, 6.07) is 66.7. The second-order valence-corrected chi connectivity index (χ2v) is 15.8. The summed E-state index contributed by atoms with van der Waals surface area (Å²) in [5, 5.41) is 13.1. The van der Waals surface area contributed by atoms with Crippen molar-refractivity contribution in [1.82, 2.24) is 15.2 Å². The normalized spacial score (nSPS) is 17.1. The Bertz CT molecular complexity index is 2900. The molecule has 268 valence electrons. The lowest BCUT2D eigenvalue weighted by Crippen LogP contribution is -2.41. The highest BCUT2D eigenvalue weighted by molar-refractivity contribution is 6.11. The van der Waals surface area contributed by atoms with Crippen molar-refractivity contribution in [2.45, 2.75) is 31.6 Å². The zero-order valence-electron chi connectivity index (χ0n) is 31.5. The fraction of sp³-hybridized carbons (Fsp3) is 0.0943. The second-order valence-electron chi connectivity index (χ2n) is 15.8. The largest absolute Gasteiger partial charge is 0.366 e. The van der Waals surface area contributed by atoms with Gasteiger partial charge in [-0.3, -0.25) is 5.32 Å². The lowest BCUT2D eigenvalue weighted by Gasteiger charge is -2.35. The van der Waals surface area contributed by atoms with Crippen molar-refractivity contribution < 1.29 is 0 Å². The second kappa shape index (κ2) is 12.7. The molecule has 1 aliphatic heterocycles. The number of aromatic nitrogens is 1. The minimum Gasteiger partial charge on any atom is -0.366 e. The van der Waals surface area contributed by atoms with Gasteiger partial charge in [0.1, 0.15) is 12.3 Å². The monoisotopic (exact) mass is 719 g/mol. The number of rotatable bonds is 5. The Labute approximate surface area is 327 Å². The molecule has 56 heavy (non-hydrogen) atoms. The van der Waals surface area contributed by atoms with Crippen molar-refractivity contribution in [3.8, 4) is 33.4 Å². The Hall–Kier alpha value is -6.68. The van der Waals surface area contributed by atoms with Gasteiger partial charge in [0.2, 0.25) is 0 Å². The Morgan fingerprint density at radius 3 is 1.68 bits per heavy atom. The third-order valence-corrected chi connectivity index (χ3v) is 12.2. The summed E-state index contributed by atoms with van der Waals surface area (Å²) in [6.07, 6.45) is 2.14. The molecule has 3 nitrogen and oxygen atoms in total. The SMILES string of the molecule is CC1(C)c2cc3ccccc3cc2-c2c(C3=CC(n4c5ccc(-c6ccccc6)cc5c5cc(-c6ccccc6)ccc54)NC(c4ccccc4)N3)cccc21. The maximum atomic E-state index is 4.05.